The molecule has 0 radical (unpaired) electrons. The van der Waals surface area contributed by atoms with Gasteiger partial charge in [-0.15, -0.1) is 0 Å². The summed E-state index contributed by atoms with van der Waals surface area (Å²) in [5.41, 5.74) is 8.50. The van der Waals surface area contributed by atoms with Crippen molar-refractivity contribution in [2.45, 2.75) is 59.4 Å². The molecule has 7 heteroatoms. The number of hydrogen-bond acceptors (Lipinski definition) is 6. The first-order valence-corrected chi connectivity index (χ1v) is 10.4. The number of para-hydroxylation sites is 1. The fraction of sp³-hybridized carbons (Fsp3) is 0.478. The second kappa shape index (κ2) is 8.71. The van der Waals surface area contributed by atoms with Gasteiger partial charge in [-0.05, 0) is 32.8 Å². The Morgan fingerprint density at radius 3 is 2.63 bits per heavy atom. The van der Waals surface area contributed by atoms with E-state index < -0.39 is 5.60 Å². The Bertz CT molecular complexity index is 1050. The summed E-state index contributed by atoms with van der Waals surface area (Å²) in [7, 11) is 0. The summed E-state index contributed by atoms with van der Waals surface area (Å²) in [5, 5.41) is 14.8. The van der Waals surface area contributed by atoms with Crippen molar-refractivity contribution in [3.63, 3.8) is 0 Å². The van der Waals surface area contributed by atoms with E-state index in [0.29, 0.717) is 36.8 Å². The predicted octanol–water partition coefficient (Wildman–Crippen LogP) is 3.80. The Balaban J connectivity index is 2.25. The zero-order valence-electron chi connectivity index (χ0n) is 18.6. The standard InChI is InChI=1S/C23H33N5O2/c1-7-30-12-18-27-20-21(28(18)13-23(5,6)29)16-10-8-9-11-17(16)26-22(20)25-15(4)19(24)14(2)3/h8-11,14,19,29H,4,7,12-13,24H2,1-3,5-6H3,(H,25,26)/t19-/m0/s1. The van der Waals surface area contributed by atoms with Gasteiger partial charge in [-0.1, -0.05) is 38.6 Å². The van der Waals surface area contributed by atoms with E-state index in [2.05, 4.69) is 25.7 Å². The summed E-state index contributed by atoms with van der Waals surface area (Å²) in [4.78, 5) is 9.67. The monoisotopic (exact) mass is 411 g/mol. The topological polar surface area (TPSA) is 98.2 Å². The summed E-state index contributed by atoms with van der Waals surface area (Å²) >= 11 is 0. The molecule has 0 unspecified atom stereocenters. The van der Waals surface area contributed by atoms with Gasteiger partial charge in [-0.2, -0.15) is 0 Å². The van der Waals surface area contributed by atoms with Crippen molar-refractivity contribution >= 4 is 27.8 Å². The number of ether oxygens (including phenoxy) is 1. The molecule has 1 atom stereocenters. The van der Waals surface area contributed by atoms with Crippen LogP contribution in [0.1, 0.15) is 40.4 Å². The van der Waals surface area contributed by atoms with Crippen LogP contribution in [0.2, 0.25) is 0 Å². The van der Waals surface area contributed by atoms with Crippen LogP contribution >= 0.6 is 0 Å². The molecule has 0 fully saturated rings. The first kappa shape index (κ1) is 22.2. The zero-order valence-corrected chi connectivity index (χ0v) is 18.6. The molecule has 162 valence electrons. The molecule has 7 nitrogen and oxygen atoms in total. The Morgan fingerprint density at radius 1 is 1.30 bits per heavy atom. The lowest BCUT2D eigenvalue weighted by atomic mass is 10.0. The maximum absolute atomic E-state index is 10.6. The number of pyridine rings is 1. The van der Waals surface area contributed by atoms with Crippen LogP contribution in [-0.2, 0) is 17.9 Å². The number of aliphatic hydroxyl groups is 1. The van der Waals surface area contributed by atoms with E-state index in [4.69, 9.17) is 20.4 Å². The van der Waals surface area contributed by atoms with E-state index >= 15 is 0 Å². The second-order valence-electron chi connectivity index (χ2n) is 8.66. The second-order valence-corrected chi connectivity index (χ2v) is 8.66. The predicted molar refractivity (Wildman–Crippen MR) is 122 cm³/mol. The average molecular weight is 412 g/mol. The van der Waals surface area contributed by atoms with Gasteiger partial charge in [0.05, 0.1) is 23.2 Å². The van der Waals surface area contributed by atoms with E-state index in [1.54, 1.807) is 13.8 Å². The Hall–Kier alpha value is -2.48. The van der Waals surface area contributed by atoms with Crippen LogP contribution in [0.5, 0.6) is 0 Å². The van der Waals surface area contributed by atoms with Crippen molar-refractivity contribution in [1.29, 1.82) is 0 Å². The highest BCUT2D eigenvalue weighted by atomic mass is 16.5. The number of nitrogens with one attached hydrogen (secondary N) is 1. The normalized spacial score (nSPS) is 13.3. The molecule has 1 aromatic carbocycles. The number of anilines is 1. The first-order chi connectivity index (χ1) is 14.1. The van der Waals surface area contributed by atoms with Crippen molar-refractivity contribution in [1.82, 2.24) is 14.5 Å². The van der Waals surface area contributed by atoms with Gasteiger partial charge in [0, 0.05) is 23.7 Å². The third kappa shape index (κ3) is 4.64. The lowest BCUT2D eigenvalue weighted by molar-refractivity contribution is 0.0582. The molecule has 0 bridgehead atoms. The number of nitrogens with zero attached hydrogens (tertiary/aromatic N) is 3. The Morgan fingerprint density at radius 2 is 2.00 bits per heavy atom. The molecule has 0 aliphatic carbocycles. The van der Waals surface area contributed by atoms with Crippen LogP contribution in [0, 0.1) is 5.92 Å². The Labute approximate surface area is 178 Å². The molecule has 0 spiro atoms. The molecular weight excluding hydrogens is 378 g/mol. The summed E-state index contributed by atoms with van der Waals surface area (Å²) in [6.45, 7) is 15.1. The molecule has 0 saturated carbocycles. The first-order valence-electron chi connectivity index (χ1n) is 10.4. The molecule has 0 aliphatic heterocycles. The SMILES string of the molecule is C=C(Nc1nc2ccccc2c2c1nc(COCC)n2CC(C)(C)O)[C@@H](N)C(C)C. The molecule has 30 heavy (non-hydrogen) atoms. The highest BCUT2D eigenvalue weighted by Crippen LogP contribution is 2.32. The maximum atomic E-state index is 10.6. The van der Waals surface area contributed by atoms with E-state index in [1.165, 1.54) is 0 Å². The number of nitrogens with two attached hydrogens (primary N) is 1. The van der Waals surface area contributed by atoms with Crippen LogP contribution in [-0.4, -0.2) is 37.9 Å². The van der Waals surface area contributed by atoms with Gasteiger partial charge in [0.2, 0.25) is 0 Å². The number of fused-ring (bicyclic) bond motifs is 3. The van der Waals surface area contributed by atoms with E-state index in [-0.39, 0.29) is 12.0 Å². The fourth-order valence-corrected chi connectivity index (χ4v) is 3.47. The van der Waals surface area contributed by atoms with Crippen molar-refractivity contribution in [3.8, 4) is 0 Å². The smallest absolute Gasteiger partial charge is 0.159 e. The Kier molecular flexibility index (Phi) is 6.45. The van der Waals surface area contributed by atoms with Gasteiger partial charge >= 0.3 is 0 Å². The molecule has 0 aliphatic rings. The molecule has 2 heterocycles. The lowest BCUT2D eigenvalue weighted by Crippen LogP contribution is -2.31. The number of imidazole rings is 1. The van der Waals surface area contributed by atoms with Crippen LogP contribution in [0.3, 0.4) is 0 Å². The van der Waals surface area contributed by atoms with E-state index in [0.717, 1.165) is 22.2 Å². The third-order valence-corrected chi connectivity index (χ3v) is 5.04. The number of benzene rings is 1. The highest BCUT2D eigenvalue weighted by Gasteiger charge is 2.24. The highest BCUT2D eigenvalue weighted by molar-refractivity contribution is 6.07. The van der Waals surface area contributed by atoms with E-state index in [9.17, 15) is 5.11 Å². The average Bonchev–Trinajstić information content (AvgIpc) is 3.02. The van der Waals surface area contributed by atoms with Crippen molar-refractivity contribution in [2.75, 3.05) is 11.9 Å². The van der Waals surface area contributed by atoms with Crippen LogP contribution in [0.4, 0.5) is 5.82 Å². The van der Waals surface area contributed by atoms with Gasteiger partial charge in [-0.25, -0.2) is 9.97 Å². The zero-order chi connectivity index (χ0) is 22.1. The lowest BCUT2D eigenvalue weighted by Gasteiger charge is -2.21. The van der Waals surface area contributed by atoms with Gasteiger partial charge in [0.15, 0.2) is 5.82 Å². The molecule has 2 aromatic heterocycles. The molecule has 3 rings (SSSR count). The molecule has 0 amide bonds. The number of aromatic nitrogens is 3. The molecule has 0 saturated heterocycles. The quantitative estimate of drug-likeness (QED) is 0.495. The summed E-state index contributed by atoms with van der Waals surface area (Å²) in [6.07, 6.45) is 0. The van der Waals surface area contributed by atoms with Crippen LogP contribution in [0.25, 0.3) is 21.9 Å². The fourth-order valence-electron chi connectivity index (χ4n) is 3.47. The minimum absolute atomic E-state index is 0.213. The van der Waals surface area contributed by atoms with Crippen LogP contribution in [0.15, 0.2) is 36.5 Å². The van der Waals surface area contributed by atoms with Gasteiger partial charge < -0.3 is 25.5 Å². The summed E-state index contributed by atoms with van der Waals surface area (Å²) in [5.74, 6) is 1.59. The van der Waals surface area contributed by atoms with E-state index in [1.807, 2.05) is 35.8 Å². The van der Waals surface area contributed by atoms with Gasteiger partial charge in [0.1, 0.15) is 17.9 Å². The van der Waals surface area contributed by atoms with Crippen LogP contribution < -0.4 is 11.1 Å². The van der Waals surface area contributed by atoms with Gasteiger partial charge in [-0.3, -0.25) is 0 Å². The summed E-state index contributed by atoms with van der Waals surface area (Å²) < 4.78 is 7.70. The van der Waals surface area contributed by atoms with Gasteiger partial charge in [0.25, 0.3) is 0 Å². The van der Waals surface area contributed by atoms with Crippen molar-refractivity contribution in [3.05, 3.63) is 42.4 Å². The largest absolute Gasteiger partial charge is 0.389 e. The van der Waals surface area contributed by atoms with Crippen molar-refractivity contribution < 1.29 is 9.84 Å². The molecule has 3 aromatic rings. The molecular formula is C23H33N5O2. The number of hydrogen-bond donors (Lipinski definition) is 3. The van der Waals surface area contributed by atoms with Crippen molar-refractivity contribution in [2.24, 2.45) is 11.7 Å². The molecule has 4 N–H and O–H groups in total. The maximum Gasteiger partial charge on any atom is 0.159 e. The minimum Gasteiger partial charge on any atom is -0.389 e. The number of rotatable bonds is 9. The minimum atomic E-state index is -0.920. The third-order valence-electron chi connectivity index (χ3n) is 5.04. The summed E-state index contributed by atoms with van der Waals surface area (Å²) in [6, 6.07) is 7.71.